The molecule has 2 aliphatic rings. The Morgan fingerprint density at radius 3 is 2.64 bits per heavy atom. The Bertz CT molecular complexity index is 501. The van der Waals surface area contributed by atoms with E-state index in [4.69, 9.17) is 4.74 Å². The highest BCUT2D eigenvalue weighted by Crippen LogP contribution is 2.43. The van der Waals surface area contributed by atoms with Crippen LogP contribution < -0.4 is 5.32 Å². The highest BCUT2D eigenvalue weighted by atomic mass is 16.5. The van der Waals surface area contributed by atoms with Crippen molar-refractivity contribution in [3.63, 3.8) is 0 Å². The van der Waals surface area contributed by atoms with Crippen LogP contribution in [-0.4, -0.2) is 35.4 Å². The molecule has 1 aromatic carbocycles. The van der Waals surface area contributed by atoms with Crippen LogP contribution in [0.15, 0.2) is 30.3 Å². The van der Waals surface area contributed by atoms with Gasteiger partial charge in [0.1, 0.15) is 5.72 Å². The Balaban J connectivity index is 1.72. The topological polar surface area (TPSA) is 24.3 Å². The molecule has 3 nitrogen and oxygen atoms in total. The summed E-state index contributed by atoms with van der Waals surface area (Å²) in [6.07, 6.45) is 3.54. The predicted octanol–water partition coefficient (Wildman–Crippen LogP) is 3.72. The van der Waals surface area contributed by atoms with Crippen LogP contribution in [0, 0.1) is 0 Å². The van der Waals surface area contributed by atoms with E-state index >= 15 is 0 Å². The molecule has 0 amide bonds. The molecule has 2 saturated heterocycles. The van der Waals surface area contributed by atoms with E-state index in [1.807, 2.05) is 0 Å². The molecule has 122 valence electrons. The molecule has 1 aromatic rings. The van der Waals surface area contributed by atoms with Crippen LogP contribution in [-0.2, 0) is 4.74 Å². The predicted molar refractivity (Wildman–Crippen MR) is 90.8 cm³/mol. The minimum absolute atomic E-state index is 0.0813. The third kappa shape index (κ3) is 3.08. The van der Waals surface area contributed by atoms with E-state index in [-0.39, 0.29) is 11.3 Å². The van der Waals surface area contributed by atoms with Crippen molar-refractivity contribution < 1.29 is 4.74 Å². The monoisotopic (exact) mass is 302 g/mol. The van der Waals surface area contributed by atoms with E-state index in [2.05, 4.69) is 68.2 Å². The molecule has 2 heterocycles. The van der Waals surface area contributed by atoms with Crippen LogP contribution in [0.4, 0.5) is 0 Å². The molecule has 2 unspecified atom stereocenters. The molecule has 2 fully saturated rings. The number of rotatable bonds is 6. The highest BCUT2D eigenvalue weighted by molar-refractivity contribution is 5.22. The van der Waals surface area contributed by atoms with E-state index in [1.54, 1.807) is 0 Å². The maximum atomic E-state index is 6.35. The van der Waals surface area contributed by atoms with Gasteiger partial charge in [-0.1, -0.05) is 43.7 Å². The highest BCUT2D eigenvalue weighted by Gasteiger charge is 2.58. The van der Waals surface area contributed by atoms with Crippen molar-refractivity contribution in [3.8, 4) is 0 Å². The van der Waals surface area contributed by atoms with Crippen LogP contribution in [0.2, 0.25) is 0 Å². The Morgan fingerprint density at radius 1 is 1.32 bits per heavy atom. The summed E-state index contributed by atoms with van der Waals surface area (Å²) in [7, 11) is 0. The van der Waals surface area contributed by atoms with Crippen molar-refractivity contribution in [2.24, 2.45) is 0 Å². The number of ether oxygens (including phenoxy) is 1. The lowest BCUT2D eigenvalue weighted by atomic mass is 9.99. The van der Waals surface area contributed by atoms with E-state index in [0.717, 1.165) is 19.6 Å². The molecule has 3 rings (SSSR count). The third-order valence-corrected chi connectivity index (χ3v) is 5.11. The summed E-state index contributed by atoms with van der Waals surface area (Å²) in [6.45, 7) is 11.0. The van der Waals surface area contributed by atoms with Gasteiger partial charge < -0.3 is 4.74 Å². The van der Waals surface area contributed by atoms with E-state index in [1.165, 1.54) is 18.4 Å². The normalized spacial score (nSPS) is 34.5. The fourth-order valence-electron chi connectivity index (χ4n) is 3.79. The average molecular weight is 302 g/mol. The fraction of sp³-hybridized carbons (Fsp3) is 0.684. The lowest BCUT2D eigenvalue weighted by Crippen LogP contribution is -2.53. The van der Waals surface area contributed by atoms with Gasteiger partial charge in [-0.05, 0) is 39.2 Å². The first-order chi connectivity index (χ1) is 10.5. The first-order valence-electron chi connectivity index (χ1n) is 8.71. The lowest BCUT2D eigenvalue weighted by Gasteiger charge is -2.32. The van der Waals surface area contributed by atoms with Gasteiger partial charge in [-0.25, -0.2) is 0 Å². The molecule has 2 aliphatic heterocycles. The van der Waals surface area contributed by atoms with Gasteiger partial charge in [-0.2, -0.15) is 0 Å². The zero-order valence-corrected chi connectivity index (χ0v) is 14.4. The Labute approximate surface area is 135 Å². The molecule has 0 aliphatic carbocycles. The Kier molecular flexibility index (Phi) is 4.32. The van der Waals surface area contributed by atoms with Gasteiger partial charge in [-0.15, -0.1) is 0 Å². The van der Waals surface area contributed by atoms with Gasteiger partial charge in [0, 0.05) is 18.1 Å². The second-order valence-corrected chi connectivity index (χ2v) is 7.59. The average Bonchev–Trinajstić information content (AvgIpc) is 3.25. The molecule has 3 heteroatoms. The van der Waals surface area contributed by atoms with Crippen molar-refractivity contribution in [2.45, 2.75) is 70.3 Å². The smallest absolute Gasteiger partial charge is 0.136 e. The first kappa shape index (κ1) is 16.0. The number of hydrogen-bond donors (Lipinski definition) is 1. The van der Waals surface area contributed by atoms with Crippen LogP contribution in [0.25, 0.3) is 0 Å². The summed E-state index contributed by atoms with van der Waals surface area (Å²) >= 11 is 0. The van der Waals surface area contributed by atoms with Gasteiger partial charge in [-0.3, -0.25) is 10.2 Å². The Morgan fingerprint density at radius 2 is 2.05 bits per heavy atom. The van der Waals surface area contributed by atoms with Crippen LogP contribution >= 0.6 is 0 Å². The van der Waals surface area contributed by atoms with Crippen molar-refractivity contribution >= 4 is 0 Å². The zero-order valence-electron chi connectivity index (χ0n) is 14.4. The van der Waals surface area contributed by atoms with Gasteiger partial charge in [0.05, 0.1) is 12.6 Å². The summed E-state index contributed by atoms with van der Waals surface area (Å²) in [5.41, 5.74) is 1.33. The van der Waals surface area contributed by atoms with E-state index < -0.39 is 0 Å². The van der Waals surface area contributed by atoms with Gasteiger partial charge >= 0.3 is 0 Å². The third-order valence-electron chi connectivity index (χ3n) is 5.11. The molecule has 0 saturated carbocycles. The maximum Gasteiger partial charge on any atom is 0.136 e. The summed E-state index contributed by atoms with van der Waals surface area (Å²) in [5, 5.41) is 3.81. The molecule has 0 radical (unpaired) electrons. The van der Waals surface area contributed by atoms with E-state index in [0.29, 0.717) is 12.1 Å². The van der Waals surface area contributed by atoms with Crippen LogP contribution in [0.1, 0.15) is 58.6 Å². The maximum absolute atomic E-state index is 6.35. The number of unbranched alkanes of at least 4 members (excludes halogenated alkanes) is 1. The molecule has 0 bridgehead atoms. The largest absolute Gasteiger partial charge is 0.357 e. The summed E-state index contributed by atoms with van der Waals surface area (Å²) in [6, 6.07) is 11.8. The minimum Gasteiger partial charge on any atom is -0.357 e. The van der Waals surface area contributed by atoms with Gasteiger partial charge in [0.2, 0.25) is 0 Å². The van der Waals surface area contributed by atoms with Crippen molar-refractivity contribution in [1.29, 1.82) is 0 Å². The van der Waals surface area contributed by atoms with Gasteiger partial charge in [0.15, 0.2) is 0 Å². The fourth-order valence-corrected chi connectivity index (χ4v) is 3.79. The second-order valence-electron chi connectivity index (χ2n) is 7.59. The number of nitrogens with one attached hydrogen (secondary N) is 1. The quantitative estimate of drug-likeness (QED) is 0.811. The van der Waals surface area contributed by atoms with E-state index in [9.17, 15) is 0 Å². The SMILES string of the molecule is CCCCC1([C@H]2CN2[C@H](C)c2ccccc2)NC(C)(C)CO1. The van der Waals surface area contributed by atoms with Crippen molar-refractivity contribution in [3.05, 3.63) is 35.9 Å². The molecular formula is C19H30N2O. The standard InChI is InChI=1S/C19H30N2O/c1-5-6-12-19(20-18(3,4)14-22-19)17-13-21(17)15(2)16-10-8-7-9-11-16/h7-11,15,17,20H,5-6,12-14H2,1-4H3/t15-,17-,19?,21?/m1/s1. The summed E-state index contributed by atoms with van der Waals surface area (Å²) in [4.78, 5) is 2.57. The Hall–Kier alpha value is -0.900. The zero-order chi connectivity index (χ0) is 15.8. The first-order valence-corrected chi connectivity index (χ1v) is 8.71. The van der Waals surface area contributed by atoms with Gasteiger partial charge in [0.25, 0.3) is 0 Å². The summed E-state index contributed by atoms with van der Waals surface area (Å²) in [5.74, 6) is 0. The second kappa shape index (κ2) is 5.95. The number of hydrogen-bond acceptors (Lipinski definition) is 3. The van der Waals surface area contributed by atoms with Crippen LogP contribution in [0.3, 0.4) is 0 Å². The molecular weight excluding hydrogens is 272 g/mol. The number of benzene rings is 1. The van der Waals surface area contributed by atoms with Crippen molar-refractivity contribution in [2.75, 3.05) is 13.2 Å². The molecule has 4 atom stereocenters. The van der Waals surface area contributed by atoms with Crippen LogP contribution in [0.5, 0.6) is 0 Å². The van der Waals surface area contributed by atoms with Crippen molar-refractivity contribution in [1.82, 2.24) is 10.2 Å². The molecule has 1 N–H and O–H groups in total. The molecule has 22 heavy (non-hydrogen) atoms. The minimum atomic E-state index is -0.150. The number of nitrogens with zero attached hydrogens (tertiary/aromatic N) is 1. The molecule has 0 spiro atoms. The molecule has 0 aromatic heterocycles. The lowest BCUT2D eigenvalue weighted by molar-refractivity contribution is -0.0312. The summed E-state index contributed by atoms with van der Waals surface area (Å²) < 4.78 is 6.35.